The minimum Gasteiger partial charge on any atom is -0.426 e. The first-order valence-corrected chi connectivity index (χ1v) is 58.6. The van der Waals surface area contributed by atoms with Crippen LogP contribution >= 0.6 is 25.8 Å². The fourth-order valence-electron chi connectivity index (χ4n) is 22.5. The maximum atomic E-state index is 11.4. The summed E-state index contributed by atoms with van der Waals surface area (Å²) in [7, 11) is -8.32. The van der Waals surface area contributed by atoms with Crippen LogP contribution in [0.2, 0.25) is 0 Å². The van der Waals surface area contributed by atoms with Crippen LogP contribution < -0.4 is 13.6 Å². The molecule has 0 aromatic heterocycles. The van der Waals surface area contributed by atoms with Gasteiger partial charge in [-0.05, 0) is 120 Å². The highest BCUT2D eigenvalue weighted by molar-refractivity contribution is 7.40. The summed E-state index contributed by atoms with van der Waals surface area (Å²) in [6.45, 7) is 41.5. The highest BCUT2D eigenvalue weighted by Gasteiger charge is 2.65. The van der Waals surface area contributed by atoms with Crippen molar-refractivity contribution in [2.24, 2.45) is 11.3 Å². The van der Waals surface area contributed by atoms with Crippen LogP contribution in [-0.2, 0) is 27.1 Å². The molecule has 3 aromatic rings. The molecule has 6 N–H and O–H groups in total. The molecule has 740 valence electrons. The van der Waals surface area contributed by atoms with Crippen LogP contribution in [0.25, 0.3) is 0 Å². The fraction of sp³-hybridized carbons (Fsp3) is 0.843. The molecule has 0 fully saturated rings. The van der Waals surface area contributed by atoms with E-state index in [4.69, 9.17) is 13.6 Å². The Morgan fingerprint density at radius 2 is 0.409 bits per heavy atom. The van der Waals surface area contributed by atoms with E-state index in [-0.39, 0.29) is 5.92 Å². The highest BCUT2D eigenvalue weighted by Crippen LogP contribution is 2.71. The van der Waals surface area contributed by atoms with Crippen LogP contribution in [0.15, 0.2) is 36.4 Å². The number of unbranched alkanes of at least 4 members (excludes halogenated alkanes) is 60. The van der Waals surface area contributed by atoms with E-state index in [1.54, 1.807) is 0 Å². The number of hydrogen-bond donors (Lipinski definition) is 6. The molecular weight excluding hydrogens is 1620 g/mol. The van der Waals surface area contributed by atoms with Gasteiger partial charge in [0.15, 0.2) is 0 Å². The second-order valence-electron chi connectivity index (χ2n) is 43.7. The summed E-state index contributed by atoms with van der Waals surface area (Å²) >= 11 is 0. The number of hydrogen-bond acceptors (Lipinski definition) is 9. The molecule has 3 aromatic carbocycles. The minimum atomic E-state index is -2.78. The van der Waals surface area contributed by atoms with Gasteiger partial charge in [0.2, 0.25) is 0 Å². The van der Waals surface area contributed by atoms with E-state index in [2.05, 4.69) is 161 Å². The second kappa shape index (κ2) is 70.7. The summed E-state index contributed by atoms with van der Waals surface area (Å²) in [4.78, 5) is 68.2. The third-order valence-electron chi connectivity index (χ3n) is 29.7. The van der Waals surface area contributed by atoms with Crippen LogP contribution in [0.5, 0.6) is 17.2 Å². The van der Waals surface area contributed by atoms with Crippen molar-refractivity contribution in [3.63, 3.8) is 0 Å². The van der Waals surface area contributed by atoms with Crippen LogP contribution in [-0.4, -0.2) is 29.4 Å². The van der Waals surface area contributed by atoms with Gasteiger partial charge >= 0.3 is 25.8 Å². The zero-order chi connectivity index (χ0) is 93.5. The van der Waals surface area contributed by atoms with E-state index in [0.29, 0.717) is 17.2 Å². The smallest absolute Gasteiger partial charge is 0.391 e. The lowest BCUT2D eigenvalue weighted by atomic mass is 9.37. The van der Waals surface area contributed by atoms with E-state index >= 15 is 0 Å². The molecule has 1 unspecified atom stereocenters. The monoisotopic (exact) mass is 1830 g/mol. The average molecular weight is 1830 g/mol. The van der Waals surface area contributed by atoms with Gasteiger partial charge in [-0.25, -0.2) is 0 Å². The third kappa shape index (κ3) is 46.2. The standard InChI is InChI=1S/C115H211O9P3/c1-19-25-31-37-43-49-55-61-67-73-79-85-100(86-80-74-68-62-56-50-44-38-32-26-20-2)114(89-83-77-71-65-59-53-47-41-35-29-23-5,101-91-97(7)107(122-125(116)117)104(94-101)110(10,11)12)113(87-81-75-69-63-57-51-45-39-33-27-21-3,88-82-76-70-64-58-52-46-40-34-28-22-4)115(90-84-78-72-66-60-54-48-42-36-30-24-6,102-92-98(8)108(123-126(118)119)105(95-102)111(13,14)15)103-93-99(9)109(124-127(120)121)106(96-103)112(16,17)18/h91-96,100,116-121H,19-90H2,1-18H3. The molecule has 0 aliphatic heterocycles. The number of aryl methyl sites for hydroxylation is 3. The molecule has 0 amide bonds. The van der Waals surface area contributed by atoms with Crippen LogP contribution in [0.3, 0.4) is 0 Å². The summed E-state index contributed by atoms with van der Waals surface area (Å²) in [6.07, 6.45) is 89.6. The predicted octanol–water partition coefficient (Wildman–Crippen LogP) is 39.3. The van der Waals surface area contributed by atoms with Gasteiger partial charge in [-0.2, -0.15) is 0 Å². The van der Waals surface area contributed by atoms with E-state index < -0.39 is 58.3 Å². The Labute approximate surface area is 792 Å². The van der Waals surface area contributed by atoms with Gasteiger partial charge in [-0.1, -0.05) is 564 Å². The lowest BCUT2D eigenvalue weighted by molar-refractivity contribution is -0.0501. The molecule has 3 rings (SSSR count). The maximum Gasteiger partial charge on any atom is 0.391 e. The van der Waals surface area contributed by atoms with Crippen molar-refractivity contribution in [2.75, 3.05) is 0 Å². The summed E-state index contributed by atoms with van der Waals surface area (Å²) in [6, 6.07) is 15.5. The molecule has 0 radical (unpaired) electrons. The van der Waals surface area contributed by atoms with Crippen molar-refractivity contribution in [1.29, 1.82) is 0 Å². The molecule has 0 spiro atoms. The van der Waals surface area contributed by atoms with Gasteiger partial charge in [0.05, 0.1) is 0 Å². The zero-order valence-electron chi connectivity index (χ0n) is 87.2. The summed E-state index contributed by atoms with van der Waals surface area (Å²) in [5, 5.41) is 0. The van der Waals surface area contributed by atoms with E-state index in [1.165, 1.54) is 389 Å². The van der Waals surface area contributed by atoms with E-state index in [9.17, 15) is 29.4 Å². The van der Waals surface area contributed by atoms with Crippen LogP contribution in [0.1, 0.15) is 616 Å². The molecule has 0 aliphatic rings. The Hall–Kier alpha value is -1.89. The quantitative estimate of drug-likeness (QED) is 0.0240. The molecule has 0 bridgehead atoms. The molecule has 0 saturated heterocycles. The van der Waals surface area contributed by atoms with Crippen molar-refractivity contribution in [3.8, 4) is 17.2 Å². The van der Waals surface area contributed by atoms with E-state index in [1.807, 2.05) is 0 Å². The Balaban J connectivity index is 3.17. The first kappa shape index (κ1) is 119. The van der Waals surface area contributed by atoms with Gasteiger partial charge in [0.25, 0.3) is 0 Å². The van der Waals surface area contributed by atoms with Crippen molar-refractivity contribution < 1.29 is 42.9 Å². The predicted molar refractivity (Wildman–Crippen MR) is 560 cm³/mol. The Morgan fingerprint density at radius 1 is 0.228 bits per heavy atom. The Kier molecular flexibility index (Phi) is 66.4. The number of rotatable bonds is 84. The van der Waals surface area contributed by atoms with Crippen LogP contribution in [0, 0.1) is 32.1 Å². The average Bonchev–Trinajstić information content (AvgIpc) is 0.676. The van der Waals surface area contributed by atoms with E-state index in [0.717, 1.165) is 123 Å². The van der Waals surface area contributed by atoms with Gasteiger partial charge in [0.1, 0.15) is 17.2 Å². The Morgan fingerprint density at radius 3 is 0.622 bits per heavy atom. The number of benzene rings is 3. The largest absolute Gasteiger partial charge is 0.426 e. The molecule has 9 nitrogen and oxygen atoms in total. The Bertz CT molecular complexity index is 3010. The first-order valence-electron chi connectivity index (χ1n) is 55.1. The van der Waals surface area contributed by atoms with Gasteiger partial charge in [-0.3, -0.25) is 0 Å². The summed E-state index contributed by atoms with van der Waals surface area (Å²) < 4.78 is 19.6. The first-order chi connectivity index (χ1) is 61.0. The minimum absolute atomic E-state index is 0.230. The lowest BCUT2D eigenvalue weighted by Crippen LogP contribution is -2.62. The highest BCUT2D eigenvalue weighted by atomic mass is 31.2. The summed E-state index contributed by atoms with van der Waals surface area (Å²) in [5.74, 6) is 1.98. The topological polar surface area (TPSA) is 149 Å². The van der Waals surface area contributed by atoms with Gasteiger partial charge in [-0.15, -0.1) is 0 Å². The SMILES string of the molecule is CCCCCCCCCCCCCC(CCCCCCCCCCCCC)C(CCCCCCCCCCCCC)(c1cc(C)c(OP(O)O)c(C(C)(C)C)c1)C(CCCCCCCCCCCCC)(CCCCCCCCCCCCC)C(CCCCCCCCCCCCC)(c1cc(C)c(OP(O)O)c(C(C)(C)C)c1)c1cc(C)c(OP(O)O)c(C(C)(C)C)c1. The molecule has 12 heteroatoms. The third-order valence-corrected chi connectivity index (χ3v) is 30.7. The van der Waals surface area contributed by atoms with Gasteiger partial charge in [0, 0.05) is 27.5 Å². The maximum absolute atomic E-state index is 11.4. The summed E-state index contributed by atoms with van der Waals surface area (Å²) in [5.41, 5.74) is 6.49. The lowest BCUT2D eigenvalue weighted by Gasteiger charge is -2.66. The molecular formula is C115H211O9P3. The normalized spacial score (nSPS) is 13.1. The molecule has 0 aliphatic carbocycles. The molecule has 127 heavy (non-hydrogen) atoms. The van der Waals surface area contributed by atoms with Crippen molar-refractivity contribution in [3.05, 3.63) is 86.5 Å². The molecule has 1 atom stereocenters. The second-order valence-corrected chi connectivity index (χ2v) is 45.8. The molecule has 0 heterocycles. The van der Waals surface area contributed by atoms with Gasteiger partial charge < -0.3 is 42.9 Å². The molecule has 0 saturated carbocycles. The van der Waals surface area contributed by atoms with Crippen molar-refractivity contribution in [2.45, 2.75) is 614 Å². The van der Waals surface area contributed by atoms with Crippen molar-refractivity contribution >= 4 is 25.8 Å². The van der Waals surface area contributed by atoms with Crippen LogP contribution in [0.4, 0.5) is 0 Å². The zero-order valence-corrected chi connectivity index (χ0v) is 89.9. The van der Waals surface area contributed by atoms with Crippen molar-refractivity contribution in [1.82, 2.24) is 0 Å². The fourth-order valence-corrected chi connectivity index (χ4v) is 23.7.